The first-order chi connectivity index (χ1) is 36.0. The van der Waals surface area contributed by atoms with Crippen LogP contribution >= 0.6 is 7.82 Å². The van der Waals surface area contributed by atoms with E-state index in [1.165, 1.54) is 250 Å². The number of phosphoric acid groups is 1. The monoisotopic (exact) mass is 1070 g/mol. The average molecular weight is 1070 g/mol. The maximum absolute atomic E-state index is 12.8. The standard InChI is InChI=1S/C64H124NO8P/c1-6-8-10-12-14-16-18-20-22-24-26-28-30-31-32-33-35-37-39-41-43-45-47-49-51-53-55-57-64(67)73-62(61-72-74(68,69)71-59-58-65(3,4)5)60-70-63(66)56-54-52-50-48-46-44-42-40-38-36-34-29-27-25-23-21-19-17-15-13-11-9-7-2/h18,20,24,26,62H,6-17,19,21-23,25,27-61H2,1-5H3/b20-18-,26-24-. The number of unbranched alkanes of at least 4 members (excludes halogenated alkanes) is 42. The van der Waals surface area contributed by atoms with E-state index >= 15 is 0 Å². The molecule has 0 fully saturated rings. The number of carbonyl (C=O) groups is 2. The van der Waals surface area contributed by atoms with Crippen molar-refractivity contribution >= 4 is 19.8 Å². The van der Waals surface area contributed by atoms with E-state index in [1.54, 1.807) is 0 Å². The molecule has 438 valence electrons. The molecule has 0 aliphatic heterocycles. The average Bonchev–Trinajstić information content (AvgIpc) is 3.36. The van der Waals surface area contributed by atoms with Crippen LogP contribution in [-0.2, 0) is 32.7 Å². The van der Waals surface area contributed by atoms with Crippen molar-refractivity contribution in [3.8, 4) is 0 Å². The molecule has 9 nitrogen and oxygen atoms in total. The van der Waals surface area contributed by atoms with Gasteiger partial charge in [0.15, 0.2) is 6.10 Å². The lowest BCUT2D eigenvalue weighted by Crippen LogP contribution is -2.37. The van der Waals surface area contributed by atoms with Crippen molar-refractivity contribution in [1.82, 2.24) is 0 Å². The molecule has 10 heteroatoms. The van der Waals surface area contributed by atoms with Crippen molar-refractivity contribution in [2.45, 2.75) is 328 Å². The third-order valence-corrected chi connectivity index (χ3v) is 15.4. The van der Waals surface area contributed by atoms with Crippen LogP contribution in [0.2, 0.25) is 0 Å². The molecule has 2 atom stereocenters. The first-order valence-electron chi connectivity index (χ1n) is 32.0. The smallest absolute Gasteiger partial charge is 0.306 e. The van der Waals surface area contributed by atoms with Crippen molar-refractivity contribution in [2.24, 2.45) is 0 Å². The predicted molar refractivity (Wildman–Crippen MR) is 314 cm³/mol. The normalized spacial score (nSPS) is 13.3. The molecular weight excluding hydrogens is 942 g/mol. The fourth-order valence-corrected chi connectivity index (χ4v) is 10.2. The van der Waals surface area contributed by atoms with Crippen molar-refractivity contribution in [3.63, 3.8) is 0 Å². The van der Waals surface area contributed by atoms with Crippen LogP contribution in [0.4, 0.5) is 0 Å². The molecule has 74 heavy (non-hydrogen) atoms. The molecule has 0 amide bonds. The predicted octanol–water partition coefficient (Wildman–Crippen LogP) is 19.5. The van der Waals surface area contributed by atoms with Gasteiger partial charge in [0, 0.05) is 12.8 Å². The van der Waals surface area contributed by atoms with Crippen molar-refractivity contribution in [1.29, 1.82) is 0 Å². The zero-order chi connectivity index (χ0) is 54.2. The summed E-state index contributed by atoms with van der Waals surface area (Å²) in [7, 11) is 1.18. The number of nitrogens with zero attached hydrogens (tertiary/aromatic N) is 1. The second-order valence-corrected chi connectivity index (χ2v) is 24.5. The van der Waals surface area contributed by atoms with E-state index in [2.05, 4.69) is 38.2 Å². The van der Waals surface area contributed by atoms with Gasteiger partial charge in [-0.25, -0.2) is 0 Å². The zero-order valence-electron chi connectivity index (χ0n) is 49.8. The molecule has 2 unspecified atom stereocenters. The number of rotatable bonds is 60. The van der Waals surface area contributed by atoms with Gasteiger partial charge in [0.25, 0.3) is 7.82 Å². The Morgan fingerprint density at radius 3 is 1.07 bits per heavy atom. The number of phosphoric ester groups is 1. The maximum atomic E-state index is 12.8. The van der Waals surface area contributed by atoms with Gasteiger partial charge in [-0.1, -0.05) is 289 Å². The zero-order valence-corrected chi connectivity index (χ0v) is 50.7. The van der Waals surface area contributed by atoms with Crippen LogP contribution in [0.25, 0.3) is 0 Å². The Morgan fingerprint density at radius 2 is 0.730 bits per heavy atom. The highest BCUT2D eigenvalue weighted by molar-refractivity contribution is 7.45. The molecule has 0 radical (unpaired) electrons. The van der Waals surface area contributed by atoms with Gasteiger partial charge in [-0.2, -0.15) is 0 Å². The summed E-state index contributed by atoms with van der Waals surface area (Å²) < 4.78 is 34.3. The third kappa shape index (κ3) is 59.7. The highest BCUT2D eigenvalue weighted by Gasteiger charge is 2.22. The summed E-state index contributed by atoms with van der Waals surface area (Å²) >= 11 is 0. The van der Waals surface area contributed by atoms with Gasteiger partial charge >= 0.3 is 11.9 Å². The number of quaternary nitrogens is 1. The molecular formula is C64H124NO8P. The van der Waals surface area contributed by atoms with Gasteiger partial charge in [0.1, 0.15) is 19.8 Å². The summed E-state index contributed by atoms with van der Waals surface area (Å²) in [5, 5.41) is 0. The topological polar surface area (TPSA) is 111 Å². The third-order valence-electron chi connectivity index (χ3n) is 14.5. The Kier molecular flexibility index (Phi) is 55.1. The minimum absolute atomic E-state index is 0.0275. The molecule has 0 aromatic rings. The SMILES string of the molecule is CCCCCCC/C=C\C/C=C\CCCCCCCCCCCCCCCCCC(=O)OC(COC(=O)CCCCCCCCCCCCCCCCCCCCCCCCC)COP(=O)([O-])OCC[N+](C)(C)C. The molecule has 0 N–H and O–H groups in total. The molecule has 0 aromatic heterocycles. The van der Waals surface area contributed by atoms with Crippen LogP contribution < -0.4 is 4.89 Å². The van der Waals surface area contributed by atoms with E-state index in [9.17, 15) is 19.0 Å². The van der Waals surface area contributed by atoms with Gasteiger partial charge in [0.2, 0.25) is 0 Å². The number of carbonyl (C=O) groups excluding carboxylic acids is 2. The molecule has 0 bridgehead atoms. The quantitative estimate of drug-likeness (QED) is 0.0195. The van der Waals surface area contributed by atoms with Gasteiger partial charge in [-0.15, -0.1) is 0 Å². The van der Waals surface area contributed by atoms with Crippen molar-refractivity contribution in [3.05, 3.63) is 24.3 Å². The van der Waals surface area contributed by atoms with E-state index in [-0.39, 0.29) is 32.0 Å². The molecule has 0 saturated heterocycles. The Bertz CT molecular complexity index is 1300. The first-order valence-corrected chi connectivity index (χ1v) is 33.5. The number of hydrogen-bond acceptors (Lipinski definition) is 8. The summed E-state index contributed by atoms with van der Waals surface area (Å²) in [5.41, 5.74) is 0. The van der Waals surface area contributed by atoms with Crippen LogP contribution in [0.3, 0.4) is 0 Å². The van der Waals surface area contributed by atoms with Crippen molar-refractivity contribution < 1.29 is 42.1 Å². The summed E-state index contributed by atoms with van der Waals surface area (Å²) in [6.07, 6.45) is 68.1. The lowest BCUT2D eigenvalue weighted by molar-refractivity contribution is -0.870. The molecule has 0 aliphatic rings. The van der Waals surface area contributed by atoms with E-state index in [0.29, 0.717) is 17.4 Å². The maximum Gasteiger partial charge on any atom is 0.306 e. The highest BCUT2D eigenvalue weighted by Crippen LogP contribution is 2.38. The highest BCUT2D eigenvalue weighted by atomic mass is 31.2. The van der Waals surface area contributed by atoms with Gasteiger partial charge < -0.3 is 27.9 Å². The Morgan fingerprint density at radius 1 is 0.419 bits per heavy atom. The number of likely N-dealkylation sites (N-methyl/N-ethyl adjacent to an activating group) is 1. The fourth-order valence-electron chi connectivity index (χ4n) is 9.51. The largest absolute Gasteiger partial charge is 0.756 e. The number of hydrogen-bond donors (Lipinski definition) is 0. The van der Waals surface area contributed by atoms with Crippen LogP contribution in [0.1, 0.15) is 322 Å². The number of esters is 2. The summed E-state index contributed by atoms with van der Waals surface area (Å²) in [5.74, 6) is -0.813. The fraction of sp³-hybridized carbons (Fsp3) is 0.906. The van der Waals surface area contributed by atoms with E-state index < -0.39 is 26.5 Å². The lowest BCUT2D eigenvalue weighted by atomic mass is 10.0. The first kappa shape index (κ1) is 72.5. The Hall–Kier alpha value is -1.51. The van der Waals surface area contributed by atoms with Crippen LogP contribution in [-0.4, -0.2) is 70.0 Å². The molecule has 0 spiro atoms. The van der Waals surface area contributed by atoms with Crippen LogP contribution in [0.15, 0.2) is 24.3 Å². The molecule has 0 heterocycles. The second-order valence-electron chi connectivity index (χ2n) is 23.1. The Balaban J connectivity index is 4.06. The lowest BCUT2D eigenvalue weighted by Gasteiger charge is -2.28. The number of ether oxygens (including phenoxy) is 2. The van der Waals surface area contributed by atoms with Gasteiger partial charge in [-0.05, 0) is 44.9 Å². The summed E-state index contributed by atoms with van der Waals surface area (Å²) in [6, 6.07) is 0. The molecule has 0 rings (SSSR count). The minimum Gasteiger partial charge on any atom is -0.756 e. The van der Waals surface area contributed by atoms with Gasteiger partial charge in [0.05, 0.1) is 27.7 Å². The molecule has 0 saturated carbocycles. The van der Waals surface area contributed by atoms with E-state index in [4.69, 9.17) is 18.5 Å². The summed E-state index contributed by atoms with van der Waals surface area (Å²) in [4.78, 5) is 38.0. The van der Waals surface area contributed by atoms with Crippen LogP contribution in [0.5, 0.6) is 0 Å². The molecule has 0 aromatic carbocycles. The van der Waals surface area contributed by atoms with E-state index in [1.807, 2.05) is 21.1 Å². The number of allylic oxidation sites excluding steroid dienone is 4. The molecule has 0 aliphatic carbocycles. The van der Waals surface area contributed by atoms with Crippen molar-refractivity contribution in [2.75, 3.05) is 47.5 Å². The van der Waals surface area contributed by atoms with E-state index in [0.717, 1.165) is 38.5 Å². The van der Waals surface area contributed by atoms with Gasteiger partial charge in [-0.3, -0.25) is 14.2 Å². The Labute approximate surface area is 459 Å². The minimum atomic E-state index is -4.63. The van der Waals surface area contributed by atoms with Crippen LogP contribution in [0, 0.1) is 0 Å². The second kappa shape index (κ2) is 56.2. The summed E-state index contributed by atoms with van der Waals surface area (Å²) in [6.45, 7) is 4.30.